The van der Waals surface area contributed by atoms with Crippen molar-refractivity contribution in [1.82, 2.24) is 0 Å². The number of esters is 1. The number of thiol groups is 1. The Kier molecular flexibility index (Phi) is 6.88. The van der Waals surface area contributed by atoms with E-state index in [1.165, 1.54) is 25.7 Å². The summed E-state index contributed by atoms with van der Waals surface area (Å²) in [7, 11) is 0. The van der Waals surface area contributed by atoms with Crippen molar-refractivity contribution >= 4 is 18.6 Å². The number of hydrogen-bond acceptors (Lipinski definition) is 4. The van der Waals surface area contributed by atoms with Crippen LogP contribution >= 0.6 is 12.6 Å². The van der Waals surface area contributed by atoms with Crippen LogP contribution < -0.4 is 5.73 Å². The Morgan fingerprint density at radius 3 is 2.19 bits per heavy atom. The van der Waals surface area contributed by atoms with Crippen LogP contribution in [0.3, 0.4) is 0 Å². The molecule has 1 fully saturated rings. The van der Waals surface area contributed by atoms with Crippen molar-refractivity contribution in [3.05, 3.63) is 0 Å². The summed E-state index contributed by atoms with van der Waals surface area (Å²) in [5.74, 6) is 0.0604. The summed E-state index contributed by atoms with van der Waals surface area (Å²) < 4.78 is 5.42. The molecule has 1 unspecified atom stereocenters. The fourth-order valence-electron chi connectivity index (χ4n) is 2.04. The lowest BCUT2D eigenvalue weighted by Gasteiger charge is -2.18. The van der Waals surface area contributed by atoms with Crippen LogP contribution in [-0.2, 0) is 9.53 Å². The van der Waals surface area contributed by atoms with Gasteiger partial charge in [-0.05, 0) is 25.7 Å². The van der Waals surface area contributed by atoms with Crippen molar-refractivity contribution in [3.63, 3.8) is 0 Å². The van der Waals surface area contributed by atoms with E-state index in [-0.39, 0.29) is 12.1 Å². The molecule has 3 nitrogen and oxygen atoms in total. The molecule has 16 heavy (non-hydrogen) atoms. The summed E-state index contributed by atoms with van der Waals surface area (Å²) in [4.78, 5) is 11.5. The topological polar surface area (TPSA) is 52.3 Å². The van der Waals surface area contributed by atoms with Crippen LogP contribution in [0.2, 0.25) is 0 Å². The summed E-state index contributed by atoms with van der Waals surface area (Å²) in [6.45, 7) is 0. The van der Waals surface area contributed by atoms with Crippen molar-refractivity contribution in [2.45, 2.75) is 63.5 Å². The number of hydrogen-bond donors (Lipinski definition) is 2. The molecule has 1 rings (SSSR count). The molecule has 1 aliphatic rings. The number of carbonyl (C=O) groups is 1. The molecule has 2 N–H and O–H groups in total. The number of rotatable bonds is 3. The van der Waals surface area contributed by atoms with E-state index in [1.807, 2.05) is 0 Å². The third-order valence-electron chi connectivity index (χ3n) is 3.08. The van der Waals surface area contributed by atoms with E-state index >= 15 is 0 Å². The van der Waals surface area contributed by atoms with Crippen LogP contribution in [0.5, 0.6) is 0 Å². The predicted molar refractivity (Wildman–Crippen MR) is 68.6 cm³/mol. The number of nitrogens with two attached hydrogens (primary N) is 1. The lowest BCUT2D eigenvalue weighted by molar-refractivity contribution is -0.150. The molecule has 0 bridgehead atoms. The number of ether oxygens (including phenoxy) is 1. The average molecular weight is 245 g/mol. The van der Waals surface area contributed by atoms with Crippen molar-refractivity contribution < 1.29 is 9.53 Å². The summed E-state index contributed by atoms with van der Waals surface area (Å²) in [5.41, 5.74) is 5.58. The normalized spacial score (nSPS) is 21.6. The van der Waals surface area contributed by atoms with Crippen LogP contribution in [0.1, 0.15) is 51.4 Å². The molecule has 0 aromatic rings. The van der Waals surface area contributed by atoms with E-state index in [0.717, 1.165) is 25.7 Å². The standard InChI is InChI=1S/C12H23NO2S/c13-11(9-16)12(14)15-10-7-5-3-1-2-4-6-8-10/h10-11,16H,1-9,13H2. The van der Waals surface area contributed by atoms with Gasteiger partial charge in [0.05, 0.1) is 0 Å². The van der Waals surface area contributed by atoms with Crippen LogP contribution in [0, 0.1) is 0 Å². The van der Waals surface area contributed by atoms with E-state index in [1.54, 1.807) is 0 Å². The van der Waals surface area contributed by atoms with Gasteiger partial charge in [-0.3, -0.25) is 4.79 Å². The zero-order valence-corrected chi connectivity index (χ0v) is 10.8. The average Bonchev–Trinajstić information content (AvgIpc) is 2.42. The first kappa shape index (κ1) is 13.8. The van der Waals surface area contributed by atoms with Gasteiger partial charge in [0.1, 0.15) is 12.1 Å². The highest BCUT2D eigenvalue weighted by Gasteiger charge is 2.19. The summed E-state index contributed by atoms with van der Waals surface area (Å²) in [6.07, 6.45) is 9.53. The molecule has 0 amide bonds. The van der Waals surface area contributed by atoms with E-state index < -0.39 is 6.04 Å². The predicted octanol–water partition coefficient (Wildman–Crippen LogP) is 2.29. The maximum absolute atomic E-state index is 11.5. The van der Waals surface area contributed by atoms with Crippen LogP contribution in [0.25, 0.3) is 0 Å². The van der Waals surface area contributed by atoms with Crippen molar-refractivity contribution in [2.75, 3.05) is 5.75 Å². The highest BCUT2D eigenvalue weighted by molar-refractivity contribution is 7.80. The van der Waals surface area contributed by atoms with Crippen LogP contribution in [-0.4, -0.2) is 23.9 Å². The third kappa shape index (κ3) is 5.21. The minimum absolute atomic E-state index is 0.0801. The fraction of sp³-hybridized carbons (Fsp3) is 0.917. The Morgan fingerprint density at radius 1 is 1.19 bits per heavy atom. The van der Waals surface area contributed by atoms with Gasteiger partial charge >= 0.3 is 5.97 Å². The molecule has 0 heterocycles. The molecule has 0 spiro atoms. The second kappa shape index (κ2) is 7.96. The van der Waals surface area contributed by atoms with Gasteiger partial charge in [0.25, 0.3) is 0 Å². The maximum Gasteiger partial charge on any atom is 0.324 e. The SMILES string of the molecule is NC(CS)C(=O)OC1CCCCCCCC1. The molecule has 1 atom stereocenters. The van der Waals surface area contributed by atoms with Crippen LogP contribution in [0.4, 0.5) is 0 Å². The second-order valence-electron chi connectivity index (χ2n) is 4.55. The van der Waals surface area contributed by atoms with Gasteiger partial charge in [0.2, 0.25) is 0 Å². The van der Waals surface area contributed by atoms with E-state index in [4.69, 9.17) is 10.5 Å². The first-order valence-electron chi connectivity index (χ1n) is 6.31. The summed E-state index contributed by atoms with van der Waals surface area (Å²) in [5, 5.41) is 0. The van der Waals surface area contributed by atoms with E-state index in [0.29, 0.717) is 5.75 Å². The molecule has 94 valence electrons. The first-order valence-corrected chi connectivity index (χ1v) is 6.94. The first-order chi connectivity index (χ1) is 7.74. The van der Waals surface area contributed by atoms with Crippen LogP contribution in [0.15, 0.2) is 0 Å². The largest absolute Gasteiger partial charge is 0.461 e. The molecule has 0 aliphatic heterocycles. The van der Waals surface area contributed by atoms with Gasteiger partial charge in [-0.1, -0.05) is 25.7 Å². The van der Waals surface area contributed by atoms with Crippen molar-refractivity contribution in [2.24, 2.45) is 5.73 Å². The summed E-state index contributed by atoms with van der Waals surface area (Å²) in [6, 6.07) is -0.573. The molecule has 0 aromatic carbocycles. The van der Waals surface area contributed by atoms with Gasteiger partial charge in [-0.25, -0.2) is 0 Å². The molecular weight excluding hydrogens is 222 g/mol. The summed E-state index contributed by atoms with van der Waals surface area (Å²) >= 11 is 4.00. The van der Waals surface area contributed by atoms with Crippen molar-refractivity contribution in [3.8, 4) is 0 Å². The molecule has 0 saturated heterocycles. The Hall–Kier alpha value is -0.220. The molecule has 0 radical (unpaired) electrons. The highest BCUT2D eigenvalue weighted by Crippen LogP contribution is 2.19. The molecule has 1 saturated carbocycles. The Labute approximate surface area is 104 Å². The third-order valence-corrected chi connectivity index (χ3v) is 3.48. The van der Waals surface area contributed by atoms with Crippen molar-refractivity contribution in [1.29, 1.82) is 0 Å². The molecular formula is C12H23NO2S. The molecule has 1 aliphatic carbocycles. The van der Waals surface area contributed by atoms with E-state index in [9.17, 15) is 4.79 Å². The van der Waals surface area contributed by atoms with E-state index in [2.05, 4.69) is 12.6 Å². The lowest BCUT2D eigenvalue weighted by atomic mass is 10.1. The van der Waals surface area contributed by atoms with Gasteiger partial charge in [-0.15, -0.1) is 0 Å². The van der Waals surface area contributed by atoms with Gasteiger partial charge in [0.15, 0.2) is 0 Å². The monoisotopic (exact) mass is 245 g/mol. The van der Waals surface area contributed by atoms with Gasteiger partial charge in [0, 0.05) is 5.75 Å². The maximum atomic E-state index is 11.5. The molecule has 0 aromatic heterocycles. The zero-order chi connectivity index (χ0) is 11.8. The fourth-order valence-corrected chi connectivity index (χ4v) is 2.19. The minimum Gasteiger partial charge on any atom is -0.461 e. The Morgan fingerprint density at radius 2 is 1.69 bits per heavy atom. The number of carbonyl (C=O) groups excluding carboxylic acids is 1. The second-order valence-corrected chi connectivity index (χ2v) is 4.91. The smallest absolute Gasteiger partial charge is 0.324 e. The lowest BCUT2D eigenvalue weighted by Crippen LogP contribution is -2.36. The Balaban J connectivity index is 2.34. The van der Waals surface area contributed by atoms with Gasteiger partial charge in [-0.2, -0.15) is 12.6 Å². The zero-order valence-electron chi connectivity index (χ0n) is 9.86. The quantitative estimate of drug-likeness (QED) is 0.592. The highest BCUT2D eigenvalue weighted by atomic mass is 32.1. The molecule has 4 heteroatoms. The minimum atomic E-state index is -0.573. The van der Waals surface area contributed by atoms with Gasteiger partial charge < -0.3 is 10.5 Å². The Bertz CT molecular complexity index is 201.